The summed E-state index contributed by atoms with van der Waals surface area (Å²) >= 11 is 0. The van der Waals surface area contributed by atoms with Crippen molar-refractivity contribution in [3.8, 4) is 0 Å². The van der Waals surface area contributed by atoms with Crippen molar-refractivity contribution in [2.45, 2.75) is 0 Å². The summed E-state index contributed by atoms with van der Waals surface area (Å²) in [5.41, 5.74) is 6.18. The van der Waals surface area contributed by atoms with E-state index in [9.17, 15) is 14.4 Å². The molecular weight excluding hydrogens is 286 g/mol. The number of hydrogen-bond donors (Lipinski definition) is 2. The van der Waals surface area contributed by atoms with Gasteiger partial charge in [-0.2, -0.15) is 0 Å². The van der Waals surface area contributed by atoms with Crippen molar-refractivity contribution in [2.75, 3.05) is 11.9 Å². The molecule has 0 spiro atoms. The number of nitrogens with zero attached hydrogens (tertiary/aromatic N) is 1. The molecule has 7 heteroatoms. The number of primary amides is 1. The zero-order valence-corrected chi connectivity index (χ0v) is 11.5. The van der Waals surface area contributed by atoms with E-state index in [0.717, 1.165) is 0 Å². The van der Waals surface area contributed by atoms with E-state index in [-0.39, 0.29) is 5.56 Å². The minimum Gasteiger partial charge on any atom is -0.452 e. The zero-order valence-electron chi connectivity index (χ0n) is 11.5. The SMILES string of the molecule is NC(=O)c1ccc(NC(=O)COC(=O)c2cccnc2)cc1. The number of pyridine rings is 1. The molecule has 2 amide bonds. The molecule has 0 aliphatic rings. The average Bonchev–Trinajstić information content (AvgIpc) is 2.54. The molecule has 0 saturated heterocycles. The Morgan fingerprint density at radius 3 is 2.41 bits per heavy atom. The van der Waals surface area contributed by atoms with E-state index in [2.05, 4.69) is 10.3 Å². The fourth-order valence-corrected chi connectivity index (χ4v) is 1.61. The highest BCUT2D eigenvalue weighted by atomic mass is 16.5. The highest BCUT2D eigenvalue weighted by molar-refractivity contribution is 5.96. The van der Waals surface area contributed by atoms with Crippen molar-refractivity contribution in [3.05, 3.63) is 59.9 Å². The van der Waals surface area contributed by atoms with Gasteiger partial charge in [0.2, 0.25) is 5.91 Å². The van der Waals surface area contributed by atoms with Crippen LogP contribution in [0.25, 0.3) is 0 Å². The monoisotopic (exact) mass is 299 g/mol. The molecule has 22 heavy (non-hydrogen) atoms. The summed E-state index contributed by atoms with van der Waals surface area (Å²) in [6.45, 7) is -0.425. The molecule has 0 unspecified atom stereocenters. The van der Waals surface area contributed by atoms with Crippen LogP contribution in [0, 0.1) is 0 Å². The van der Waals surface area contributed by atoms with Crippen molar-refractivity contribution in [1.82, 2.24) is 4.98 Å². The van der Waals surface area contributed by atoms with Crippen molar-refractivity contribution < 1.29 is 19.1 Å². The standard InChI is InChI=1S/C15H13N3O4/c16-14(20)10-3-5-12(6-4-10)18-13(19)9-22-15(21)11-2-1-7-17-8-11/h1-8H,9H2,(H2,16,20)(H,18,19). The molecule has 3 N–H and O–H groups in total. The van der Waals surface area contributed by atoms with Crippen LogP contribution in [-0.4, -0.2) is 29.4 Å². The second-order valence-corrected chi connectivity index (χ2v) is 4.31. The second-order valence-electron chi connectivity index (χ2n) is 4.31. The Kier molecular flexibility index (Phi) is 4.81. The van der Waals surface area contributed by atoms with Gasteiger partial charge in [0.05, 0.1) is 5.56 Å². The summed E-state index contributed by atoms with van der Waals surface area (Å²) < 4.78 is 4.86. The van der Waals surface area contributed by atoms with Crippen LogP contribution in [0.5, 0.6) is 0 Å². The molecule has 0 aliphatic heterocycles. The zero-order chi connectivity index (χ0) is 15.9. The van der Waals surface area contributed by atoms with Gasteiger partial charge in [0.15, 0.2) is 6.61 Å². The minimum atomic E-state index is -0.632. The van der Waals surface area contributed by atoms with Crippen LogP contribution < -0.4 is 11.1 Å². The number of anilines is 1. The maximum atomic E-state index is 11.7. The number of amides is 2. The molecule has 1 aromatic heterocycles. The maximum absolute atomic E-state index is 11.7. The van der Waals surface area contributed by atoms with E-state index >= 15 is 0 Å². The Labute approximate surface area is 126 Å². The van der Waals surface area contributed by atoms with Crippen LogP contribution in [0.4, 0.5) is 5.69 Å². The predicted molar refractivity (Wildman–Crippen MR) is 78.1 cm³/mol. The molecule has 7 nitrogen and oxygen atoms in total. The topological polar surface area (TPSA) is 111 Å². The lowest BCUT2D eigenvalue weighted by Gasteiger charge is -2.07. The molecule has 0 atom stereocenters. The Hall–Kier alpha value is -3.22. The Morgan fingerprint density at radius 2 is 1.82 bits per heavy atom. The second kappa shape index (κ2) is 6.98. The highest BCUT2D eigenvalue weighted by Gasteiger charge is 2.10. The van der Waals surface area contributed by atoms with Gasteiger partial charge >= 0.3 is 5.97 Å². The normalized spacial score (nSPS) is 9.82. The van der Waals surface area contributed by atoms with Gasteiger partial charge in [-0.1, -0.05) is 0 Å². The summed E-state index contributed by atoms with van der Waals surface area (Å²) in [5, 5.41) is 2.53. The van der Waals surface area contributed by atoms with Gasteiger partial charge in [-0.15, -0.1) is 0 Å². The molecule has 2 rings (SSSR count). The maximum Gasteiger partial charge on any atom is 0.340 e. The van der Waals surface area contributed by atoms with Crippen LogP contribution in [-0.2, 0) is 9.53 Å². The van der Waals surface area contributed by atoms with E-state index in [1.165, 1.54) is 42.7 Å². The number of hydrogen-bond acceptors (Lipinski definition) is 5. The quantitative estimate of drug-likeness (QED) is 0.799. The molecule has 0 aliphatic carbocycles. The Morgan fingerprint density at radius 1 is 1.09 bits per heavy atom. The number of ether oxygens (including phenoxy) is 1. The summed E-state index contributed by atoms with van der Waals surface area (Å²) in [6.07, 6.45) is 2.88. The molecule has 112 valence electrons. The number of nitrogens with one attached hydrogen (secondary N) is 1. The molecule has 0 radical (unpaired) electrons. The van der Waals surface area contributed by atoms with Crippen molar-refractivity contribution in [2.24, 2.45) is 5.73 Å². The summed E-state index contributed by atoms with van der Waals surface area (Å²) in [6, 6.07) is 9.16. The summed E-state index contributed by atoms with van der Waals surface area (Å²) in [4.78, 5) is 38.0. The van der Waals surface area contributed by atoms with Crippen molar-refractivity contribution in [3.63, 3.8) is 0 Å². The molecular formula is C15H13N3O4. The lowest BCUT2D eigenvalue weighted by molar-refractivity contribution is -0.119. The van der Waals surface area contributed by atoms with E-state index in [1.807, 2.05) is 0 Å². The van der Waals surface area contributed by atoms with E-state index < -0.39 is 24.4 Å². The number of esters is 1. The van der Waals surface area contributed by atoms with Crippen LogP contribution in [0.2, 0.25) is 0 Å². The highest BCUT2D eigenvalue weighted by Crippen LogP contribution is 2.09. The van der Waals surface area contributed by atoms with E-state index in [0.29, 0.717) is 11.3 Å². The van der Waals surface area contributed by atoms with Gasteiger partial charge in [-0.3, -0.25) is 14.6 Å². The van der Waals surface area contributed by atoms with Gasteiger partial charge < -0.3 is 15.8 Å². The van der Waals surface area contributed by atoms with Gasteiger partial charge in [0.25, 0.3) is 5.91 Å². The third-order valence-electron chi connectivity index (χ3n) is 2.68. The number of benzene rings is 1. The Balaban J connectivity index is 1.85. The Bertz CT molecular complexity index is 684. The van der Waals surface area contributed by atoms with Crippen LogP contribution >= 0.6 is 0 Å². The van der Waals surface area contributed by atoms with Crippen molar-refractivity contribution >= 4 is 23.5 Å². The molecule has 1 aromatic carbocycles. The number of rotatable bonds is 5. The number of carbonyl (C=O) groups is 3. The lowest BCUT2D eigenvalue weighted by Crippen LogP contribution is -2.21. The van der Waals surface area contributed by atoms with Crippen LogP contribution in [0.3, 0.4) is 0 Å². The summed E-state index contributed by atoms with van der Waals surface area (Å²) in [5.74, 6) is -1.68. The van der Waals surface area contributed by atoms with Crippen molar-refractivity contribution in [1.29, 1.82) is 0 Å². The van der Waals surface area contributed by atoms with Crippen LogP contribution in [0.1, 0.15) is 20.7 Å². The smallest absolute Gasteiger partial charge is 0.340 e. The van der Waals surface area contributed by atoms with Crippen LogP contribution in [0.15, 0.2) is 48.8 Å². The summed E-state index contributed by atoms with van der Waals surface area (Å²) in [7, 11) is 0. The first-order valence-corrected chi connectivity index (χ1v) is 6.33. The molecule has 2 aromatic rings. The average molecular weight is 299 g/mol. The molecule has 1 heterocycles. The van der Waals surface area contributed by atoms with Gasteiger partial charge in [0, 0.05) is 23.6 Å². The lowest BCUT2D eigenvalue weighted by atomic mass is 10.2. The first kappa shape index (κ1) is 15.2. The first-order valence-electron chi connectivity index (χ1n) is 6.33. The minimum absolute atomic E-state index is 0.265. The van der Waals surface area contributed by atoms with Gasteiger partial charge in [0.1, 0.15) is 0 Å². The van der Waals surface area contributed by atoms with E-state index in [4.69, 9.17) is 10.5 Å². The fraction of sp³-hybridized carbons (Fsp3) is 0.0667. The largest absolute Gasteiger partial charge is 0.452 e. The van der Waals surface area contributed by atoms with Gasteiger partial charge in [-0.25, -0.2) is 4.79 Å². The molecule has 0 saturated carbocycles. The third-order valence-corrected chi connectivity index (χ3v) is 2.68. The third kappa shape index (κ3) is 4.14. The molecule has 0 bridgehead atoms. The fourth-order valence-electron chi connectivity index (χ4n) is 1.61. The van der Waals surface area contributed by atoms with E-state index in [1.54, 1.807) is 6.07 Å². The number of carbonyl (C=O) groups excluding carboxylic acids is 3. The molecule has 0 fully saturated rings. The van der Waals surface area contributed by atoms with Gasteiger partial charge in [-0.05, 0) is 36.4 Å². The first-order chi connectivity index (χ1) is 10.6. The number of nitrogens with two attached hydrogens (primary N) is 1. The predicted octanol–water partition coefficient (Wildman–Crippen LogP) is 0.976. The number of aromatic nitrogens is 1.